The highest BCUT2D eigenvalue weighted by molar-refractivity contribution is 9.10. The van der Waals surface area contributed by atoms with Crippen molar-refractivity contribution in [1.29, 1.82) is 0 Å². The number of rotatable bonds is 4. The lowest BCUT2D eigenvalue weighted by atomic mass is 10.0. The summed E-state index contributed by atoms with van der Waals surface area (Å²) in [6.07, 6.45) is 1.02. The van der Waals surface area contributed by atoms with Crippen LogP contribution in [0.1, 0.15) is 13.3 Å². The predicted molar refractivity (Wildman–Crippen MR) is 72.8 cm³/mol. The molecule has 0 aromatic heterocycles. The molecule has 2 unspecified atom stereocenters. The van der Waals surface area contributed by atoms with Crippen LogP contribution in [0.4, 0.5) is 15.8 Å². The zero-order valence-corrected chi connectivity index (χ0v) is 11.9. The van der Waals surface area contributed by atoms with E-state index in [1.807, 2.05) is 6.92 Å². The fourth-order valence-corrected chi connectivity index (χ4v) is 2.45. The molecule has 104 valence electrons. The van der Waals surface area contributed by atoms with Crippen molar-refractivity contribution in [1.82, 2.24) is 0 Å². The van der Waals surface area contributed by atoms with Gasteiger partial charge in [-0.1, -0.05) is 0 Å². The summed E-state index contributed by atoms with van der Waals surface area (Å²) in [5.41, 5.74) is 0.0599. The van der Waals surface area contributed by atoms with Gasteiger partial charge in [-0.15, -0.1) is 0 Å². The Morgan fingerprint density at radius 3 is 2.95 bits per heavy atom. The molecular weight excluding hydrogens is 319 g/mol. The van der Waals surface area contributed by atoms with Crippen LogP contribution < -0.4 is 5.32 Å². The molecule has 2 rings (SSSR count). The maximum Gasteiger partial charge on any atom is 0.293 e. The van der Waals surface area contributed by atoms with E-state index in [9.17, 15) is 14.5 Å². The minimum atomic E-state index is -0.527. The number of anilines is 1. The largest absolute Gasteiger partial charge is 0.379 e. The predicted octanol–water partition coefficient (Wildman–Crippen LogP) is 3.33. The summed E-state index contributed by atoms with van der Waals surface area (Å²) in [5, 5.41) is 13.9. The number of halogens is 2. The van der Waals surface area contributed by atoms with Crippen molar-refractivity contribution < 1.29 is 14.1 Å². The van der Waals surface area contributed by atoms with E-state index >= 15 is 0 Å². The lowest BCUT2D eigenvalue weighted by molar-refractivity contribution is -0.384. The summed E-state index contributed by atoms with van der Waals surface area (Å²) < 4.78 is 19.0. The molecule has 1 fully saturated rings. The fraction of sp³-hybridized carbons (Fsp3) is 0.500. The van der Waals surface area contributed by atoms with E-state index in [0.717, 1.165) is 12.5 Å². The Labute approximate surface area is 118 Å². The molecule has 1 aromatic carbocycles. The first-order valence-corrected chi connectivity index (χ1v) is 6.77. The molecule has 19 heavy (non-hydrogen) atoms. The quantitative estimate of drug-likeness (QED) is 0.678. The van der Waals surface area contributed by atoms with Crippen LogP contribution in [0.15, 0.2) is 16.6 Å². The molecule has 1 saturated heterocycles. The number of nitro benzene ring substituents is 1. The van der Waals surface area contributed by atoms with E-state index in [0.29, 0.717) is 13.2 Å². The minimum Gasteiger partial charge on any atom is -0.379 e. The van der Waals surface area contributed by atoms with Gasteiger partial charge < -0.3 is 10.1 Å². The monoisotopic (exact) mass is 332 g/mol. The van der Waals surface area contributed by atoms with E-state index in [2.05, 4.69) is 21.2 Å². The van der Waals surface area contributed by atoms with Crippen molar-refractivity contribution in [3.8, 4) is 0 Å². The Morgan fingerprint density at radius 2 is 2.37 bits per heavy atom. The summed E-state index contributed by atoms with van der Waals surface area (Å²) in [6.45, 7) is 3.20. The third kappa shape index (κ3) is 3.22. The Morgan fingerprint density at radius 1 is 1.63 bits per heavy atom. The van der Waals surface area contributed by atoms with Crippen LogP contribution >= 0.6 is 15.9 Å². The van der Waals surface area contributed by atoms with Crippen LogP contribution in [0.2, 0.25) is 0 Å². The molecule has 0 spiro atoms. The molecule has 1 heterocycles. The Kier molecular flexibility index (Phi) is 4.36. The van der Waals surface area contributed by atoms with Gasteiger partial charge in [0.25, 0.3) is 5.69 Å². The number of hydrogen-bond acceptors (Lipinski definition) is 4. The van der Waals surface area contributed by atoms with Crippen molar-refractivity contribution in [2.75, 3.05) is 18.5 Å². The highest BCUT2D eigenvalue weighted by atomic mass is 79.9. The SMILES string of the molecule is CC1OCCC1CNc1cc(F)c(Br)cc1[N+](=O)[O-]. The lowest BCUT2D eigenvalue weighted by Crippen LogP contribution is -2.21. The van der Waals surface area contributed by atoms with Crippen LogP contribution in [0.5, 0.6) is 0 Å². The second-order valence-electron chi connectivity index (χ2n) is 4.55. The number of nitrogens with one attached hydrogen (secondary N) is 1. The van der Waals surface area contributed by atoms with Gasteiger partial charge in [-0.2, -0.15) is 0 Å². The molecule has 7 heteroatoms. The highest BCUT2D eigenvalue weighted by Crippen LogP contribution is 2.31. The zero-order valence-electron chi connectivity index (χ0n) is 10.4. The summed E-state index contributed by atoms with van der Waals surface area (Å²) in [4.78, 5) is 10.4. The summed E-state index contributed by atoms with van der Waals surface area (Å²) in [6, 6.07) is 2.31. The first kappa shape index (κ1) is 14.2. The van der Waals surface area contributed by atoms with Crippen LogP contribution in [0, 0.1) is 21.8 Å². The third-order valence-electron chi connectivity index (χ3n) is 3.32. The molecule has 5 nitrogen and oxygen atoms in total. The van der Waals surface area contributed by atoms with E-state index in [4.69, 9.17) is 4.74 Å². The number of nitro groups is 1. The van der Waals surface area contributed by atoms with Gasteiger partial charge in [-0.3, -0.25) is 10.1 Å². The maximum absolute atomic E-state index is 13.5. The summed E-state index contributed by atoms with van der Waals surface area (Å²) in [5.74, 6) is -0.241. The van der Waals surface area contributed by atoms with Gasteiger partial charge in [0.05, 0.1) is 15.5 Å². The highest BCUT2D eigenvalue weighted by Gasteiger charge is 2.25. The molecule has 1 N–H and O–H groups in total. The second-order valence-corrected chi connectivity index (χ2v) is 5.40. The van der Waals surface area contributed by atoms with Crippen molar-refractivity contribution >= 4 is 27.3 Å². The van der Waals surface area contributed by atoms with Gasteiger partial charge >= 0.3 is 0 Å². The average Bonchev–Trinajstić information content (AvgIpc) is 2.75. The zero-order chi connectivity index (χ0) is 14.0. The molecule has 0 amide bonds. The normalized spacial score (nSPS) is 22.5. The number of hydrogen-bond donors (Lipinski definition) is 1. The molecule has 1 aliphatic heterocycles. The minimum absolute atomic E-state index is 0.0855. The maximum atomic E-state index is 13.5. The molecule has 0 aliphatic carbocycles. The van der Waals surface area contributed by atoms with Crippen LogP contribution in [-0.4, -0.2) is 24.2 Å². The van der Waals surface area contributed by atoms with E-state index in [-0.39, 0.29) is 27.9 Å². The van der Waals surface area contributed by atoms with Gasteiger partial charge in [0.15, 0.2) is 0 Å². The van der Waals surface area contributed by atoms with Crippen molar-refractivity contribution in [3.63, 3.8) is 0 Å². The van der Waals surface area contributed by atoms with Gasteiger partial charge in [0.1, 0.15) is 11.5 Å². The second kappa shape index (κ2) is 5.83. The Balaban J connectivity index is 2.14. The van der Waals surface area contributed by atoms with Gasteiger partial charge in [0.2, 0.25) is 0 Å². The van der Waals surface area contributed by atoms with Crippen molar-refractivity contribution in [2.45, 2.75) is 19.4 Å². The van der Waals surface area contributed by atoms with E-state index < -0.39 is 10.7 Å². The van der Waals surface area contributed by atoms with Gasteiger partial charge in [-0.05, 0) is 29.3 Å². The van der Waals surface area contributed by atoms with Crippen LogP contribution in [0.25, 0.3) is 0 Å². The first-order chi connectivity index (χ1) is 8.99. The molecule has 1 aliphatic rings. The molecule has 0 saturated carbocycles. The van der Waals surface area contributed by atoms with E-state index in [1.165, 1.54) is 6.07 Å². The molecule has 0 bridgehead atoms. The smallest absolute Gasteiger partial charge is 0.293 e. The summed E-state index contributed by atoms with van der Waals surface area (Å²) >= 11 is 2.95. The van der Waals surface area contributed by atoms with Gasteiger partial charge in [-0.25, -0.2) is 4.39 Å². The van der Waals surface area contributed by atoms with Crippen molar-refractivity contribution in [3.05, 3.63) is 32.5 Å². The lowest BCUT2D eigenvalue weighted by Gasteiger charge is -2.15. The summed E-state index contributed by atoms with van der Waals surface area (Å²) in [7, 11) is 0. The van der Waals surface area contributed by atoms with E-state index in [1.54, 1.807) is 0 Å². The van der Waals surface area contributed by atoms with Gasteiger partial charge in [0, 0.05) is 31.2 Å². The Bertz CT molecular complexity index is 498. The van der Waals surface area contributed by atoms with Crippen molar-refractivity contribution in [2.24, 2.45) is 5.92 Å². The number of ether oxygens (including phenoxy) is 1. The third-order valence-corrected chi connectivity index (χ3v) is 3.93. The molecule has 0 radical (unpaired) electrons. The number of nitrogens with zero attached hydrogens (tertiary/aromatic N) is 1. The standard InChI is InChI=1S/C12H14BrFN2O3/c1-7-8(2-3-19-7)6-15-11-5-10(14)9(13)4-12(11)16(17)18/h4-5,7-8,15H,2-3,6H2,1H3. The topological polar surface area (TPSA) is 64.4 Å². The average molecular weight is 333 g/mol. The van der Waals surface area contributed by atoms with Crippen LogP contribution in [0.3, 0.4) is 0 Å². The van der Waals surface area contributed by atoms with Crippen LogP contribution in [-0.2, 0) is 4.74 Å². The first-order valence-electron chi connectivity index (χ1n) is 5.98. The Hall–Kier alpha value is -1.21. The molecule has 1 aromatic rings. The fourth-order valence-electron chi connectivity index (χ4n) is 2.11. The number of benzene rings is 1. The molecular formula is C12H14BrFN2O3. The molecule has 2 atom stereocenters.